The van der Waals surface area contributed by atoms with E-state index in [4.69, 9.17) is 9.47 Å². The van der Waals surface area contributed by atoms with Gasteiger partial charge in [-0.3, -0.25) is 9.59 Å². The summed E-state index contributed by atoms with van der Waals surface area (Å²) in [7, 11) is 0. The van der Waals surface area contributed by atoms with Gasteiger partial charge in [0, 0.05) is 24.7 Å². The highest BCUT2D eigenvalue weighted by Crippen LogP contribution is 2.84. The minimum Gasteiger partial charge on any atom is -0.457 e. The molecule has 3 N–H and O–H groups in total. The summed E-state index contributed by atoms with van der Waals surface area (Å²) in [5.41, 5.74) is -5.73. The maximum Gasteiger partial charge on any atom is 0.303 e. The maximum absolute atomic E-state index is 13.7. The zero-order valence-corrected chi connectivity index (χ0v) is 17.8. The topological polar surface area (TPSA) is 113 Å². The second-order valence-electron chi connectivity index (χ2n) is 10.5. The molecule has 4 aliphatic rings. The molecule has 162 valence electrons. The van der Waals surface area contributed by atoms with Crippen molar-refractivity contribution in [2.45, 2.75) is 89.5 Å². The van der Waals surface area contributed by atoms with Crippen LogP contribution in [0.1, 0.15) is 53.9 Å². The van der Waals surface area contributed by atoms with Crippen LogP contribution < -0.4 is 0 Å². The summed E-state index contributed by atoms with van der Waals surface area (Å²) in [6.07, 6.45) is -2.00. The smallest absolute Gasteiger partial charge is 0.303 e. The number of aliphatic hydroxyl groups excluding tert-OH is 3. The Kier molecular flexibility index (Phi) is 4.12. The molecule has 0 aromatic heterocycles. The molecule has 3 aliphatic carbocycles. The van der Waals surface area contributed by atoms with Crippen molar-refractivity contribution in [3.05, 3.63) is 12.7 Å². The highest BCUT2D eigenvalue weighted by atomic mass is 16.6. The first-order valence-electron chi connectivity index (χ1n) is 10.3. The van der Waals surface area contributed by atoms with Gasteiger partial charge in [0.15, 0.2) is 6.10 Å². The standard InChI is InChI=1S/C22H32O7/c1-7-19(5)10-13(25)22-17(27)21(22)12(24)8-9-18(3,4)15(21)14(26)16(28-11(2)23)20(22,6)29-19/h7,12,14-17,24,26-27H,1,8-10H2,2-6H3/t12-,14?,15?,16?,17-,19-,20+,21-,22+/m0/s1. The lowest BCUT2D eigenvalue weighted by Gasteiger charge is -2.62. The molecule has 9 atom stereocenters. The van der Waals surface area contributed by atoms with Gasteiger partial charge >= 0.3 is 5.97 Å². The number of carbonyl (C=O) groups excluding carboxylic acids is 2. The molecule has 0 aromatic carbocycles. The fourth-order valence-corrected chi connectivity index (χ4v) is 7.55. The Morgan fingerprint density at radius 3 is 2.41 bits per heavy atom. The van der Waals surface area contributed by atoms with Crippen LogP contribution in [0.2, 0.25) is 0 Å². The van der Waals surface area contributed by atoms with E-state index in [9.17, 15) is 24.9 Å². The first kappa shape index (κ1) is 21.0. The largest absolute Gasteiger partial charge is 0.457 e. The van der Waals surface area contributed by atoms with Gasteiger partial charge in [0.05, 0.1) is 29.3 Å². The van der Waals surface area contributed by atoms with E-state index in [1.807, 2.05) is 13.8 Å². The van der Waals surface area contributed by atoms with Crippen LogP contribution in [0.3, 0.4) is 0 Å². The number of esters is 1. The van der Waals surface area contributed by atoms with E-state index < -0.39 is 63.8 Å². The molecule has 0 radical (unpaired) electrons. The van der Waals surface area contributed by atoms with Gasteiger partial charge in [0.25, 0.3) is 0 Å². The number of aliphatic hydroxyl groups is 3. The first-order valence-corrected chi connectivity index (χ1v) is 10.3. The van der Waals surface area contributed by atoms with Gasteiger partial charge in [-0.15, -0.1) is 6.58 Å². The van der Waals surface area contributed by atoms with Crippen molar-refractivity contribution in [3.63, 3.8) is 0 Å². The molecule has 4 rings (SSSR count). The summed E-state index contributed by atoms with van der Waals surface area (Å²) in [5, 5.41) is 34.0. The van der Waals surface area contributed by atoms with E-state index in [2.05, 4.69) is 6.58 Å². The third-order valence-electron chi connectivity index (χ3n) is 8.53. The average Bonchev–Trinajstić information content (AvgIpc) is 3.16. The summed E-state index contributed by atoms with van der Waals surface area (Å²) in [5.74, 6) is -1.48. The van der Waals surface area contributed by atoms with Crippen molar-refractivity contribution < 1.29 is 34.4 Å². The van der Waals surface area contributed by atoms with Gasteiger partial charge in [-0.2, -0.15) is 0 Å². The van der Waals surface area contributed by atoms with Gasteiger partial charge < -0.3 is 24.8 Å². The highest BCUT2D eigenvalue weighted by molar-refractivity contribution is 5.95. The van der Waals surface area contributed by atoms with Crippen LogP contribution in [0, 0.1) is 22.2 Å². The van der Waals surface area contributed by atoms with E-state index in [0.717, 1.165) is 0 Å². The second kappa shape index (κ2) is 5.69. The SMILES string of the molecule is C=C[C@@]1(C)CC(=O)[C@]23[C@@H](O)[C@]24C(C(O)C(OC(C)=O)[C@@]3(C)O1)C(C)(C)CC[C@@H]4O. The van der Waals surface area contributed by atoms with Gasteiger partial charge in [0.1, 0.15) is 11.4 Å². The van der Waals surface area contributed by atoms with Crippen LogP contribution in [0.4, 0.5) is 0 Å². The third kappa shape index (κ3) is 2.07. The first-order chi connectivity index (χ1) is 13.3. The Bertz CT molecular complexity index is 792. The van der Waals surface area contributed by atoms with Crippen LogP contribution in [-0.2, 0) is 19.1 Å². The van der Waals surface area contributed by atoms with Crippen LogP contribution in [0.15, 0.2) is 12.7 Å². The highest BCUT2D eigenvalue weighted by Gasteiger charge is 2.97. The minimum atomic E-state index is -1.51. The van der Waals surface area contributed by atoms with Crippen molar-refractivity contribution in [3.8, 4) is 0 Å². The van der Waals surface area contributed by atoms with Crippen LogP contribution in [-0.4, -0.2) is 62.7 Å². The summed E-state index contributed by atoms with van der Waals surface area (Å²) in [4.78, 5) is 25.7. The van der Waals surface area contributed by atoms with E-state index in [1.54, 1.807) is 13.8 Å². The Balaban J connectivity index is 1.99. The monoisotopic (exact) mass is 408 g/mol. The van der Waals surface area contributed by atoms with Crippen molar-refractivity contribution in [1.29, 1.82) is 0 Å². The number of Topliss-reactive ketones (excluding diaryl/α,β-unsaturated/α-hetero) is 1. The number of rotatable bonds is 2. The predicted octanol–water partition coefficient (Wildman–Crippen LogP) is 1.13. The quantitative estimate of drug-likeness (QED) is 0.464. The zero-order chi connectivity index (χ0) is 21.8. The zero-order valence-electron chi connectivity index (χ0n) is 17.8. The van der Waals surface area contributed by atoms with Gasteiger partial charge in [-0.25, -0.2) is 0 Å². The number of hydrogen-bond donors (Lipinski definition) is 3. The van der Waals surface area contributed by atoms with Crippen molar-refractivity contribution in [2.75, 3.05) is 0 Å². The molecular weight excluding hydrogens is 376 g/mol. The fraction of sp³-hybridized carbons (Fsp3) is 0.818. The molecule has 1 aliphatic heterocycles. The Morgan fingerprint density at radius 1 is 1.24 bits per heavy atom. The number of ether oxygens (including phenoxy) is 2. The molecule has 3 saturated carbocycles. The minimum absolute atomic E-state index is 0.00629. The van der Waals surface area contributed by atoms with Crippen LogP contribution in [0.5, 0.6) is 0 Å². The summed E-state index contributed by atoms with van der Waals surface area (Å²) < 4.78 is 12.0. The predicted molar refractivity (Wildman–Crippen MR) is 103 cm³/mol. The molecule has 0 bridgehead atoms. The van der Waals surface area contributed by atoms with Crippen molar-refractivity contribution in [2.24, 2.45) is 22.2 Å². The molecular formula is C22H32O7. The van der Waals surface area contributed by atoms with Gasteiger partial charge in [-0.05, 0) is 32.1 Å². The molecule has 0 amide bonds. The van der Waals surface area contributed by atoms with Crippen molar-refractivity contribution in [1.82, 2.24) is 0 Å². The molecule has 29 heavy (non-hydrogen) atoms. The molecule has 0 aromatic rings. The van der Waals surface area contributed by atoms with E-state index in [0.29, 0.717) is 12.8 Å². The Labute approximate surface area is 171 Å². The van der Waals surface area contributed by atoms with E-state index in [-0.39, 0.29) is 12.2 Å². The van der Waals surface area contributed by atoms with Crippen LogP contribution >= 0.6 is 0 Å². The molecule has 1 heterocycles. The lowest BCUT2D eigenvalue weighted by Crippen LogP contribution is -2.74. The fourth-order valence-electron chi connectivity index (χ4n) is 7.55. The van der Waals surface area contributed by atoms with Crippen molar-refractivity contribution >= 4 is 11.8 Å². The molecule has 7 heteroatoms. The lowest BCUT2D eigenvalue weighted by molar-refractivity contribution is -0.297. The molecule has 4 fully saturated rings. The van der Waals surface area contributed by atoms with Crippen LogP contribution in [0.25, 0.3) is 0 Å². The average molecular weight is 408 g/mol. The molecule has 7 nitrogen and oxygen atoms in total. The Morgan fingerprint density at radius 2 is 1.86 bits per heavy atom. The molecule has 2 spiro atoms. The van der Waals surface area contributed by atoms with E-state index >= 15 is 0 Å². The third-order valence-corrected chi connectivity index (χ3v) is 8.53. The molecule has 1 saturated heterocycles. The lowest BCUT2D eigenvalue weighted by atomic mass is 9.48. The summed E-state index contributed by atoms with van der Waals surface area (Å²) >= 11 is 0. The summed E-state index contributed by atoms with van der Waals surface area (Å²) in [6.45, 7) is 12.3. The normalized spacial score (nSPS) is 55.2. The summed E-state index contributed by atoms with van der Waals surface area (Å²) in [6, 6.07) is 0. The second-order valence-corrected chi connectivity index (χ2v) is 10.5. The maximum atomic E-state index is 13.7. The Hall–Kier alpha value is -1.28. The number of hydrogen-bond acceptors (Lipinski definition) is 7. The van der Waals surface area contributed by atoms with Gasteiger partial charge in [0.2, 0.25) is 0 Å². The number of ketones is 1. The van der Waals surface area contributed by atoms with Gasteiger partial charge in [-0.1, -0.05) is 19.9 Å². The molecule has 3 unspecified atom stereocenters. The van der Waals surface area contributed by atoms with E-state index in [1.165, 1.54) is 13.0 Å². The number of carbonyl (C=O) groups is 2.